The average Bonchev–Trinajstić information content (AvgIpc) is 3.69. The Balaban J connectivity index is 0.000000293. The number of halogens is 1. The minimum absolute atomic E-state index is 0.287. The molecule has 0 spiro atoms. The summed E-state index contributed by atoms with van der Waals surface area (Å²) in [5, 5.41) is 43.9. The Morgan fingerprint density at radius 1 is 0.821 bits per heavy atom. The van der Waals surface area contributed by atoms with Gasteiger partial charge in [0.2, 0.25) is 11.9 Å². The second kappa shape index (κ2) is 22.2. The molecule has 2 radical (unpaired) electrons. The summed E-state index contributed by atoms with van der Waals surface area (Å²) in [6, 6.07) is 15.4. The highest BCUT2D eigenvalue weighted by Gasteiger charge is 2.32. The number of nitrogens with zero attached hydrogens (tertiary/aromatic N) is 5. The number of hydrogen-bond donors (Lipinski definition) is 9. The van der Waals surface area contributed by atoms with Crippen molar-refractivity contribution < 1.29 is 19.7 Å². The zero-order valence-corrected chi connectivity index (χ0v) is 35.6. The molecule has 0 bridgehead atoms. The van der Waals surface area contributed by atoms with Crippen LogP contribution in [0.2, 0.25) is 0 Å². The second-order valence-corrected chi connectivity index (χ2v) is 14.0. The largest absolute Gasteiger partial charge is 0.496 e. The normalized spacial score (nSPS) is 10.9. The van der Waals surface area contributed by atoms with E-state index < -0.39 is 11.2 Å². The quantitative estimate of drug-likeness (QED) is 0.0403. The third kappa shape index (κ3) is 15.3. The molecule has 0 saturated carbocycles. The molecule has 298 valence electrons. The van der Waals surface area contributed by atoms with Gasteiger partial charge in [-0.25, -0.2) is 9.97 Å². The van der Waals surface area contributed by atoms with E-state index in [2.05, 4.69) is 74.0 Å². The third-order valence-corrected chi connectivity index (χ3v) is 8.59. The van der Waals surface area contributed by atoms with E-state index in [0.29, 0.717) is 11.9 Å². The lowest BCUT2D eigenvalue weighted by molar-refractivity contribution is -0.107. The fourth-order valence-corrected chi connectivity index (χ4v) is 4.70. The van der Waals surface area contributed by atoms with Gasteiger partial charge < -0.3 is 52.1 Å². The summed E-state index contributed by atoms with van der Waals surface area (Å²) in [5.41, 5.74) is 8.60. The third-order valence-electron chi connectivity index (χ3n) is 7.75. The SMILES string of the molecule is CC(C)(O)C(C)(C)O.CNc1cc(C)nc(Nc2ccc(OC)c(-c3cn[nH]c3)c2)n1.CNc1cc(C)nc(Nc2ccc(OC)c(I)c2)n1.[B]/C(C=N)=C/N. The number of aryl methyl sites for hydroxylation is 2. The molecule has 16 nitrogen and oxygen atoms in total. The lowest BCUT2D eigenvalue weighted by Crippen LogP contribution is -2.44. The molecule has 0 fully saturated rings. The number of nitrogens with one attached hydrogen (secondary N) is 6. The predicted molar refractivity (Wildman–Crippen MR) is 235 cm³/mol. The molecule has 0 aliphatic rings. The van der Waals surface area contributed by atoms with Crippen LogP contribution in [0.1, 0.15) is 39.1 Å². The molecule has 3 aromatic heterocycles. The van der Waals surface area contributed by atoms with E-state index in [-0.39, 0.29) is 5.47 Å². The molecule has 0 saturated heterocycles. The Hall–Kier alpha value is -5.47. The molecule has 56 heavy (non-hydrogen) atoms. The van der Waals surface area contributed by atoms with Crippen molar-refractivity contribution in [1.82, 2.24) is 30.1 Å². The topological polar surface area (TPSA) is 237 Å². The Morgan fingerprint density at radius 3 is 1.66 bits per heavy atom. The Morgan fingerprint density at radius 2 is 1.30 bits per heavy atom. The number of benzene rings is 2. The first-order chi connectivity index (χ1) is 26.4. The number of allylic oxidation sites excluding steroid dienone is 1. The summed E-state index contributed by atoms with van der Waals surface area (Å²) in [6.45, 7) is 10.2. The van der Waals surface area contributed by atoms with Crippen molar-refractivity contribution in [3.63, 3.8) is 0 Å². The molecule has 0 unspecified atom stereocenters. The van der Waals surface area contributed by atoms with Crippen molar-refractivity contribution in [2.75, 3.05) is 49.6 Å². The van der Waals surface area contributed by atoms with E-state index in [9.17, 15) is 0 Å². The van der Waals surface area contributed by atoms with Gasteiger partial charge in [-0.15, -0.1) is 0 Å². The van der Waals surface area contributed by atoms with E-state index >= 15 is 0 Å². The maximum absolute atomic E-state index is 9.10. The lowest BCUT2D eigenvalue weighted by atomic mass is 9.90. The minimum Gasteiger partial charge on any atom is -0.496 e. The van der Waals surface area contributed by atoms with Crippen LogP contribution < -0.4 is 36.5 Å². The number of ether oxygens (including phenoxy) is 2. The highest BCUT2D eigenvalue weighted by atomic mass is 127. The van der Waals surface area contributed by atoms with Crippen molar-refractivity contribution in [2.24, 2.45) is 5.73 Å². The first-order valence-electron chi connectivity index (χ1n) is 17.1. The number of methoxy groups -OCH3 is 2. The molecule has 0 aliphatic carbocycles. The Kier molecular flexibility index (Phi) is 18.5. The average molecular weight is 879 g/mol. The van der Waals surface area contributed by atoms with Gasteiger partial charge in [-0.05, 0) is 107 Å². The van der Waals surface area contributed by atoms with E-state index in [0.717, 1.165) is 66.8 Å². The lowest BCUT2D eigenvalue weighted by Gasteiger charge is -2.31. The van der Waals surface area contributed by atoms with Crippen LogP contribution in [-0.2, 0) is 0 Å². The number of rotatable bonds is 11. The molecule has 0 atom stereocenters. The number of nitrogens with two attached hydrogens (primary N) is 1. The van der Waals surface area contributed by atoms with Crippen LogP contribution in [0.5, 0.6) is 11.5 Å². The van der Waals surface area contributed by atoms with Gasteiger partial charge in [0.15, 0.2) is 0 Å². The standard InChI is InChI=1S/C16H18N6O.C13H15IN4O.C6H14O2.C3H5BN2/c1-10-6-15(17-2)22-16(20-10)21-12-4-5-14(23-3)13(7-12)11-8-18-19-9-11;1-8-6-12(15-2)18-13(16-8)17-9-4-5-11(19-3)10(14)7-9;1-5(2,7)6(3,4)8;4-3(1-5)2-6/h4-9H,1-3H3,(H,18,19)(H2,17,20,21,22);4-7H,1-3H3,(H2,15,16,17,18);7-8H,1-4H3;1-2,5H,6H2/b;;;3-2+,5-1?. The van der Waals surface area contributed by atoms with E-state index in [1.807, 2.05) is 82.7 Å². The number of aromatic nitrogens is 6. The van der Waals surface area contributed by atoms with Crippen LogP contribution in [0.25, 0.3) is 11.1 Å². The molecule has 3 heterocycles. The van der Waals surface area contributed by atoms with E-state index in [1.54, 1.807) is 48.1 Å². The van der Waals surface area contributed by atoms with Crippen LogP contribution in [0.15, 0.2) is 72.6 Å². The highest BCUT2D eigenvalue weighted by molar-refractivity contribution is 14.1. The van der Waals surface area contributed by atoms with Crippen molar-refractivity contribution in [3.05, 3.63) is 87.6 Å². The predicted octanol–water partition coefficient (Wildman–Crippen LogP) is 6.29. The fourth-order valence-electron chi connectivity index (χ4n) is 3.97. The maximum atomic E-state index is 9.10. The number of aliphatic hydroxyl groups is 2. The van der Waals surface area contributed by atoms with Gasteiger partial charge in [0.05, 0.1) is 35.2 Å². The summed E-state index contributed by atoms with van der Waals surface area (Å²) >= 11 is 2.23. The van der Waals surface area contributed by atoms with Crippen LogP contribution in [0.4, 0.5) is 34.9 Å². The van der Waals surface area contributed by atoms with Gasteiger partial charge in [-0.2, -0.15) is 15.1 Å². The molecule has 18 heteroatoms. The molecule has 0 aliphatic heterocycles. The van der Waals surface area contributed by atoms with Crippen molar-refractivity contribution >= 4 is 71.6 Å². The summed E-state index contributed by atoms with van der Waals surface area (Å²) in [7, 11) is 11.9. The molecule has 0 amide bonds. The molecule has 10 N–H and O–H groups in total. The van der Waals surface area contributed by atoms with Gasteiger partial charge in [0.1, 0.15) is 31.0 Å². The highest BCUT2D eigenvalue weighted by Crippen LogP contribution is 2.33. The van der Waals surface area contributed by atoms with Gasteiger partial charge >= 0.3 is 0 Å². The van der Waals surface area contributed by atoms with Crippen LogP contribution >= 0.6 is 22.6 Å². The molecular formula is C38H52BIN12O4. The summed E-state index contributed by atoms with van der Waals surface area (Å²) in [4.78, 5) is 17.5. The van der Waals surface area contributed by atoms with E-state index in [1.165, 1.54) is 6.20 Å². The van der Waals surface area contributed by atoms with Crippen molar-refractivity contribution in [3.8, 4) is 22.6 Å². The van der Waals surface area contributed by atoms with Crippen LogP contribution in [-0.4, -0.2) is 93.9 Å². The Labute approximate surface area is 343 Å². The summed E-state index contributed by atoms with van der Waals surface area (Å²) in [6.07, 6.45) is 5.74. The molecule has 5 aromatic rings. The molecular weight excluding hydrogens is 826 g/mol. The first kappa shape index (κ1) is 46.7. The monoisotopic (exact) mass is 878 g/mol. The zero-order valence-electron chi connectivity index (χ0n) is 33.4. The molecule has 5 rings (SSSR count). The Bertz CT molecular complexity index is 2010. The van der Waals surface area contributed by atoms with Crippen LogP contribution in [0, 0.1) is 22.8 Å². The van der Waals surface area contributed by atoms with Gasteiger partial charge in [-0.3, -0.25) is 5.10 Å². The first-order valence-corrected chi connectivity index (χ1v) is 18.2. The number of hydrogen-bond acceptors (Lipinski definition) is 15. The summed E-state index contributed by atoms with van der Waals surface area (Å²) in [5.74, 6) is 4.30. The van der Waals surface area contributed by atoms with Crippen molar-refractivity contribution in [2.45, 2.75) is 52.7 Å². The number of H-pyrrole nitrogens is 1. The fraction of sp³-hybridized carbons (Fsp3) is 0.316. The summed E-state index contributed by atoms with van der Waals surface area (Å²) < 4.78 is 11.7. The van der Waals surface area contributed by atoms with Gasteiger partial charge in [-0.1, -0.05) is 5.47 Å². The minimum atomic E-state index is -1.01. The molecule has 2 aromatic carbocycles. The second-order valence-electron chi connectivity index (χ2n) is 12.9. The maximum Gasteiger partial charge on any atom is 0.229 e. The number of anilines is 6. The number of aromatic amines is 1. The van der Waals surface area contributed by atoms with Gasteiger partial charge in [0, 0.05) is 72.5 Å². The smallest absolute Gasteiger partial charge is 0.229 e. The van der Waals surface area contributed by atoms with Crippen LogP contribution in [0.3, 0.4) is 0 Å². The van der Waals surface area contributed by atoms with Gasteiger partial charge in [0.25, 0.3) is 0 Å². The van der Waals surface area contributed by atoms with E-state index in [4.69, 9.17) is 38.7 Å². The van der Waals surface area contributed by atoms with Crippen molar-refractivity contribution in [1.29, 1.82) is 5.41 Å². The zero-order chi connectivity index (χ0) is 42.1.